The first-order chi connectivity index (χ1) is 14.0. The molecule has 2 aromatic heterocycles. The summed E-state index contributed by atoms with van der Waals surface area (Å²) >= 11 is 0. The third-order valence-electron chi connectivity index (χ3n) is 5.37. The second-order valence-electron chi connectivity index (χ2n) is 7.50. The Bertz CT molecular complexity index is 1090. The minimum absolute atomic E-state index is 0.0978. The highest BCUT2D eigenvalue weighted by Crippen LogP contribution is 2.18. The van der Waals surface area contributed by atoms with Crippen molar-refractivity contribution in [1.29, 1.82) is 0 Å². The zero-order valence-electron chi connectivity index (χ0n) is 16.9. The van der Waals surface area contributed by atoms with E-state index in [9.17, 15) is 9.59 Å². The SMILES string of the molecule is Cc1cc(CNC(=O)CCn2c(=O)c(N3CCCC3)nc3ccccc32)n(C)n1. The summed E-state index contributed by atoms with van der Waals surface area (Å²) in [5, 5.41) is 7.20. The molecule has 1 aromatic carbocycles. The minimum atomic E-state index is -0.124. The van der Waals surface area contributed by atoms with Crippen molar-refractivity contribution in [3.05, 3.63) is 52.1 Å². The number of nitrogens with one attached hydrogen (secondary N) is 1. The highest BCUT2D eigenvalue weighted by molar-refractivity contribution is 5.78. The molecule has 0 saturated carbocycles. The molecule has 0 spiro atoms. The number of nitrogens with zero attached hydrogens (tertiary/aromatic N) is 5. The maximum Gasteiger partial charge on any atom is 0.294 e. The number of anilines is 1. The summed E-state index contributed by atoms with van der Waals surface area (Å²) in [7, 11) is 1.86. The highest BCUT2D eigenvalue weighted by Gasteiger charge is 2.20. The standard InChI is InChI=1S/C21H26N6O2/c1-15-13-16(25(2)24-15)14-22-19(28)9-12-27-18-8-4-3-7-17(18)23-20(21(27)29)26-10-5-6-11-26/h3-4,7-8,13H,5-6,9-12,14H2,1-2H3,(H,22,28). The lowest BCUT2D eigenvalue weighted by atomic mass is 10.2. The molecular formula is C21H26N6O2. The van der Waals surface area contributed by atoms with Gasteiger partial charge in [0.05, 0.1) is 29.0 Å². The molecule has 0 unspecified atom stereocenters. The van der Waals surface area contributed by atoms with Gasteiger partial charge in [0.25, 0.3) is 5.56 Å². The van der Waals surface area contributed by atoms with Crippen LogP contribution >= 0.6 is 0 Å². The first-order valence-corrected chi connectivity index (χ1v) is 10.0. The smallest absolute Gasteiger partial charge is 0.294 e. The van der Waals surface area contributed by atoms with Crippen molar-refractivity contribution in [2.24, 2.45) is 7.05 Å². The first-order valence-electron chi connectivity index (χ1n) is 10.0. The lowest BCUT2D eigenvalue weighted by Gasteiger charge is -2.19. The van der Waals surface area contributed by atoms with E-state index in [0.717, 1.165) is 48.4 Å². The Hall–Kier alpha value is -3.16. The highest BCUT2D eigenvalue weighted by atomic mass is 16.2. The summed E-state index contributed by atoms with van der Waals surface area (Å²) in [5.74, 6) is 0.395. The molecule has 0 aliphatic carbocycles. The van der Waals surface area contributed by atoms with Gasteiger partial charge in [-0.15, -0.1) is 0 Å². The van der Waals surface area contributed by atoms with Gasteiger partial charge in [0.15, 0.2) is 5.82 Å². The zero-order valence-corrected chi connectivity index (χ0v) is 16.9. The second-order valence-corrected chi connectivity index (χ2v) is 7.50. The van der Waals surface area contributed by atoms with E-state index in [0.29, 0.717) is 18.9 Å². The number of hydrogen-bond acceptors (Lipinski definition) is 5. The van der Waals surface area contributed by atoms with Crippen LogP contribution in [0, 0.1) is 6.92 Å². The molecule has 1 fully saturated rings. The van der Waals surface area contributed by atoms with E-state index in [1.807, 2.05) is 44.3 Å². The molecule has 8 nitrogen and oxygen atoms in total. The molecular weight excluding hydrogens is 368 g/mol. The van der Waals surface area contributed by atoms with Crippen LogP contribution in [0.5, 0.6) is 0 Å². The Labute approximate surface area is 169 Å². The number of fused-ring (bicyclic) bond motifs is 1. The van der Waals surface area contributed by atoms with Crippen LogP contribution in [0.4, 0.5) is 5.82 Å². The summed E-state index contributed by atoms with van der Waals surface area (Å²) in [6.07, 6.45) is 2.37. The molecule has 0 bridgehead atoms. The fourth-order valence-electron chi connectivity index (χ4n) is 3.86. The fraction of sp³-hybridized carbons (Fsp3) is 0.429. The van der Waals surface area contributed by atoms with Gasteiger partial charge < -0.3 is 14.8 Å². The van der Waals surface area contributed by atoms with Crippen LogP contribution in [0.3, 0.4) is 0 Å². The molecule has 1 saturated heterocycles. The van der Waals surface area contributed by atoms with Crippen molar-refractivity contribution in [3.63, 3.8) is 0 Å². The molecule has 1 N–H and O–H groups in total. The van der Waals surface area contributed by atoms with Crippen LogP contribution < -0.4 is 15.8 Å². The van der Waals surface area contributed by atoms with Crippen molar-refractivity contribution in [2.45, 2.75) is 39.3 Å². The van der Waals surface area contributed by atoms with Crippen LogP contribution in [0.25, 0.3) is 11.0 Å². The normalized spacial score (nSPS) is 13.9. The molecule has 1 aliphatic heterocycles. The average molecular weight is 394 g/mol. The van der Waals surface area contributed by atoms with Crippen molar-refractivity contribution < 1.29 is 4.79 Å². The minimum Gasteiger partial charge on any atom is -0.352 e. The van der Waals surface area contributed by atoms with Crippen LogP contribution in [-0.2, 0) is 24.9 Å². The summed E-state index contributed by atoms with van der Waals surface area (Å²) in [6.45, 7) is 4.36. The van der Waals surface area contributed by atoms with Gasteiger partial charge in [0, 0.05) is 33.1 Å². The van der Waals surface area contributed by atoms with Gasteiger partial charge in [-0.1, -0.05) is 12.1 Å². The Morgan fingerprint density at radius 1 is 1.21 bits per heavy atom. The van der Waals surface area contributed by atoms with Gasteiger partial charge in [0.2, 0.25) is 5.91 Å². The average Bonchev–Trinajstić information content (AvgIpc) is 3.34. The molecule has 4 rings (SSSR count). The van der Waals surface area contributed by atoms with Gasteiger partial charge in [0.1, 0.15) is 0 Å². The van der Waals surface area contributed by atoms with Crippen LogP contribution in [-0.4, -0.2) is 38.3 Å². The summed E-state index contributed by atoms with van der Waals surface area (Å²) < 4.78 is 3.45. The number of carbonyl (C=O) groups is 1. The Kier molecular flexibility index (Phi) is 5.33. The number of aryl methyl sites for hydroxylation is 3. The second kappa shape index (κ2) is 8.06. The van der Waals surface area contributed by atoms with Crippen LogP contribution in [0.15, 0.2) is 35.1 Å². The van der Waals surface area contributed by atoms with Crippen molar-refractivity contribution in [2.75, 3.05) is 18.0 Å². The molecule has 1 amide bonds. The molecule has 3 heterocycles. The van der Waals surface area contributed by atoms with E-state index in [4.69, 9.17) is 0 Å². The number of para-hydroxylation sites is 2. The number of rotatable bonds is 6. The summed E-state index contributed by atoms with van der Waals surface area (Å²) in [6, 6.07) is 9.55. The van der Waals surface area contributed by atoms with E-state index in [1.54, 1.807) is 9.25 Å². The lowest BCUT2D eigenvalue weighted by molar-refractivity contribution is -0.121. The van der Waals surface area contributed by atoms with Gasteiger partial charge >= 0.3 is 0 Å². The summed E-state index contributed by atoms with van der Waals surface area (Å²) in [5.41, 5.74) is 3.27. The van der Waals surface area contributed by atoms with E-state index in [1.165, 1.54) is 0 Å². The number of aromatic nitrogens is 4. The van der Waals surface area contributed by atoms with Crippen molar-refractivity contribution in [3.8, 4) is 0 Å². The number of carbonyl (C=O) groups excluding carboxylic acids is 1. The van der Waals surface area contributed by atoms with Gasteiger partial charge in [-0.25, -0.2) is 4.98 Å². The van der Waals surface area contributed by atoms with E-state index in [2.05, 4.69) is 20.3 Å². The maximum absolute atomic E-state index is 13.1. The maximum atomic E-state index is 13.1. The molecule has 29 heavy (non-hydrogen) atoms. The largest absolute Gasteiger partial charge is 0.352 e. The zero-order chi connectivity index (χ0) is 20.4. The monoisotopic (exact) mass is 394 g/mol. The van der Waals surface area contributed by atoms with E-state index < -0.39 is 0 Å². The van der Waals surface area contributed by atoms with E-state index >= 15 is 0 Å². The predicted octanol–water partition coefficient (Wildman–Crippen LogP) is 1.75. The third-order valence-corrected chi connectivity index (χ3v) is 5.37. The van der Waals surface area contributed by atoms with Crippen molar-refractivity contribution in [1.82, 2.24) is 24.6 Å². The number of benzene rings is 1. The Morgan fingerprint density at radius 3 is 2.69 bits per heavy atom. The quantitative estimate of drug-likeness (QED) is 0.688. The van der Waals surface area contributed by atoms with Gasteiger partial charge in [-0.3, -0.25) is 14.3 Å². The first kappa shape index (κ1) is 19.2. The molecule has 152 valence electrons. The predicted molar refractivity (Wildman–Crippen MR) is 112 cm³/mol. The molecule has 8 heteroatoms. The molecule has 1 aliphatic rings. The van der Waals surface area contributed by atoms with Gasteiger partial charge in [-0.2, -0.15) is 5.10 Å². The Morgan fingerprint density at radius 2 is 1.97 bits per heavy atom. The fourth-order valence-corrected chi connectivity index (χ4v) is 3.86. The Balaban J connectivity index is 1.52. The molecule has 0 atom stereocenters. The lowest BCUT2D eigenvalue weighted by Crippen LogP contribution is -2.33. The summed E-state index contributed by atoms with van der Waals surface area (Å²) in [4.78, 5) is 32.2. The van der Waals surface area contributed by atoms with Gasteiger partial charge in [-0.05, 0) is 38.0 Å². The van der Waals surface area contributed by atoms with Crippen LogP contribution in [0.2, 0.25) is 0 Å². The number of amides is 1. The molecule has 3 aromatic rings. The third kappa shape index (κ3) is 4.01. The van der Waals surface area contributed by atoms with Crippen molar-refractivity contribution >= 4 is 22.8 Å². The number of hydrogen-bond donors (Lipinski definition) is 1. The van der Waals surface area contributed by atoms with E-state index in [-0.39, 0.29) is 17.9 Å². The van der Waals surface area contributed by atoms with Crippen LogP contribution in [0.1, 0.15) is 30.7 Å². The molecule has 0 radical (unpaired) electrons. The topological polar surface area (TPSA) is 85.0 Å².